The maximum Gasteiger partial charge on any atom is 0.231 e. The molecule has 0 aliphatic rings. The Balaban J connectivity index is 1.76. The SMILES string of the molecule is CCc1cn[nH]c1NC(=O)Cc1noc2ccccc12. The van der Waals surface area contributed by atoms with Crippen molar-refractivity contribution >= 4 is 22.7 Å². The van der Waals surface area contributed by atoms with E-state index in [1.54, 1.807) is 6.20 Å². The van der Waals surface area contributed by atoms with Crippen LogP contribution in [0.25, 0.3) is 11.0 Å². The summed E-state index contributed by atoms with van der Waals surface area (Å²) in [5, 5.41) is 14.3. The molecule has 2 heterocycles. The summed E-state index contributed by atoms with van der Waals surface area (Å²) in [5.74, 6) is 0.494. The fourth-order valence-corrected chi connectivity index (χ4v) is 2.09. The summed E-state index contributed by atoms with van der Waals surface area (Å²) in [7, 11) is 0. The highest BCUT2D eigenvalue weighted by atomic mass is 16.5. The van der Waals surface area contributed by atoms with E-state index >= 15 is 0 Å². The molecule has 1 aromatic carbocycles. The number of para-hydroxylation sites is 1. The Morgan fingerprint density at radius 3 is 3.10 bits per heavy atom. The quantitative estimate of drug-likeness (QED) is 0.761. The highest BCUT2D eigenvalue weighted by Crippen LogP contribution is 2.19. The first kappa shape index (κ1) is 12.4. The number of benzene rings is 1. The van der Waals surface area contributed by atoms with E-state index in [2.05, 4.69) is 20.7 Å². The van der Waals surface area contributed by atoms with Crippen LogP contribution >= 0.6 is 0 Å². The van der Waals surface area contributed by atoms with Crippen molar-refractivity contribution in [3.05, 3.63) is 41.7 Å². The number of rotatable bonds is 4. The number of aromatic amines is 1. The van der Waals surface area contributed by atoms with Crippen molar-refractivity contribution < 1.29 is 9.32 Å². The van der Waals surface area contributed by atoms with Crippen LogP contribution in [0.1, 0.15) is 18.2 Å². The van der Waals surface area contributed by atoms with Gasteiger partial charge in [0.15, 0.2) is 5.58 Å². The van der Waals surface area contributed by atoms with Gasteiger partial charge in [-0.05, 0) is 18.6 Å². The lowest BCUT2D eigenvalue weighted by atomic mass is 10.1. The van der Waals surface area contributed by atoms with E-state index in [1.807, 2.05) is 31.2 Å². The summed E-state index contributed by atoms with van der Waals surface area (Å²) in [5.41, 5.74) is 2.30. The van der Waals surface area contributed by atoms with Crippen molar-refractivity contribution in [3.63, 3.8) is 0 Å². The van der Waals surface area contributed by atoms with Crippen LogP contribution in [0.15, 0.2) is 35.0 Å². The zero-order valence-electron chi connectivity index (χ0n) is 11.0. The molecule has 6 heteroatoms. The lowest BCUT2D eigenvalue weighted by Crippen LogP contribution is -2.16. The molecule has 0 radical (unpaired) electrons. The molecule has 2 N–H and O–H groups in total. The summed E-state index contributed by atoms with van der Waals surface area (Å²) >= 11 is 0. The predicted octanol–water partition coefficient (Wildman–Crippen LogP) is 2.29. The topological polar surface area (TPSA) is 83.8 Å². The van der Waals surface area contributed by atoms with Crippen LogP contribution in [-0.2, 0) is 17.6 Å². The van der Waals surface area contributed by atoms with Crippen LogP contribution in [-0.4, -0.2) is 21.3 Å². The first-order valence-corrected chi connectivity index (χ1v) is 6.43. The second-order valence-electron chi connectivity index (χ2n) is 4.47. The van der Waals surface area contributed by atoms with Gasteiger partial charge in [-0.3, -0.25) is 9.89 Å². The highest BCUT2D eigenvalue weighted by Gasteiger charge is 2.13. The Labute approximate surface area is 115 Å². The Morgan fingerprint density at radius 1 is 1.40 bits per heavy atom. The third-order valence-electron chi connectivity index (χ3n) is 3.14. The van der Waals surface area contributed by atoms with E-state index in [-0.39, 0.29) is 12.3 Å². The van der Waals surface area contributed by atoms with Gasteiger partial charge in [-0.2, -0.15) is 5.10 Å². The molecule has 0 saturated carbocycles. The van der Waals surface area contributed by atoms with Gasteiger partial charge in [0.2, 0.25) is 5.91 Å². The van der Waals surface area contributed by atoms with Crippen LogP contribution in [0, 0.1) is 0 Å². The Hall–Kier alpha value is -2.63. The third-order valence-corrected chi connectivity index (χ3v) is 3.14. The van der Waals surface area contributed by atoms with Crippen molar-refractivity contribution in [2.45, 2.75) is 19.8 Å². The van der Waals surface area contributed by atoms with E-state index < -0.39 is 0 Å². The van der Waals surface area contributed by atoms with Gasteiger partial charge >= 0.3 is 0 Å². The van der Waals surface area contributed by atoms with Crippen molar-refractivity contribution in [3.8, 4) is 0 Å². The van der Waals surface area contributed by atoms with Gasteiger partial charge in [-0.15, -0.1) is 0 Å². The molecular formula is C14H14N4O2. The fourth-order valence-electron chi connectivity index (χ4n) is 2.09. The van der Waals surface area contributed by atoms with Crippen molar-refractivity contribution in [1.82, 2.24) is 15.4 Å². The van der Waals surface area contributed by atoms with E-state index in [4.69, 9.17) is 4.52 Å². The molecule has 0 unspecified atom stereocenters. The van der Waals surface area contributed by atoms with Crippen molar-refractivity contribution in [2.75, 3.05) is 5.32 Å². The molecule has 0 fully saturated rings. The van der Waals surface area contributed by atoms with Gasteiger partial charge in [0.25, 0.3) is 0 Å². The molecule has 0 aliphatic heterocycles. The van der Waals surface area contributed by atoms with Gasteiger partial charge in [-0.25, -0.2) is 0 Å². The number of carbonyl (C=O) groups excluding carboxylic acids is 1. The average molecular weight is 270 g/mol. The van der Waals surface area contributed by atoms with Crippen LogP contribution < -0.4 is 5.32 Å². The number of fused-ring (bicyclic) bond motifs is 1. The van der Waals surface area contributed by atoms with Crippen LogP contribution in [0.4, 0.5) is 5.82 Å². The largest absolute Gasteiger partial charge is 0.356 e. The number of H-pyrrole nitrogens is 1. The van der Waals surface area contributed by atoms with Gasteiger partial charge in [0, 0.05) is 10.9 Å². The summed E-state index contributed by atoms with van der Waals surface area (Å²) in [6.45, 7) is 2.01. The predicted molar refractivity (Wildman–Crippen MR) is 74.3 cm³/mol. The first-order chi connectivity index (χ1) is 9.78. The minimum Gasteiger partial charge on any atom is -0.356 e. The average Bonchev–Trinajstić information content (AvgIpc) is 3.06. The minimum atomic E-state index is -0.150. The summed E-state index contributed by atoms with van der Waals surface area (Å²) < 4.78 is 5.18. The monoisotopic (exact) mass is 270 g/mol. The summed E-state index contributed by atoms with van der Waals surface area (Å²) in [4.78, 5) is 12.0. The lowest BCUT2D eigenvalue weighted by molar-refractivity contribution is -0.115. The minimum absolute atomic E-state index is 0.150. The normalized spacial score (nSPS) is 10.8. The van der Waals surface area contributed by atoms with Gasteiger partial charge in [0.1, 0.15) is 11.5 Å². The number of nitrogens with zero attached hydrogens (tertiary/aromatic N) is 2. The van der Waals surface area contributed by atoms with E-state index in [9.17, 15) is 4.79 Å². The van der Waals surface area contributed by atoms with Crippen molar-refractivity contribution in [1.29, 1.82) is 0 Å². The van der Waals surface area contributed by atoms with Crippen LogP contribution in [0.5, 0.6) is 0 Å². The smallest absolute Gasteiger partial charge is 0.231 e. The van der Waals surface area contributed by atoms with Crippen molar-refractivity contribution in [2.24, 2.45) is 0 Å². The lowest BCUT2D eigenvalue weighted by Gasteiger charge is -2.03. The first-order valence-electron chi connectivity index (χ1n) is 6.43. The Bertz CT molecular complexity index is 744. The molecule has 3 aromatic rings. The molecule has 1 amide bonds. The van der Waals surface area contributed by atoms with Gasteiger partial charge in [-0.1, -0.05) is 24.2 Å². The third kappa shape index (κ3) is 2.27. The molecule has 0 bridgehead atoms. The molecule has 0 atom stereocenters. The van der Waals surface area contributed by atoms with Gasteiger partial charge < -0.3 is 9.84 Å². The highest BCUT2D eigenvalue weighted by molar-refractivity contribution is 5.94. The molecular weight excluding hydrogens is 256 g/mol. The van der Waals surface area contributed by atoms with E-state index in [0.29, 0.717) is 17.1 Å². The zero-order valence-corrected chi connectivity index (χ0v) is 11.0. The number of aromatic nitrogens is 3. The number of hydrogen-bond donors (Lipinski definition) is 2. The van der Waals surface area contributed by atoms with E-state index in [1.165, 1.54) is 0 Å². The molecule has 2 aromatic heterocycles. The number of carbonyl (C=O) groups is 1. The number of anilines is 1. The number of nitrogens with one attached hydrogen (secondary N) is 2. The molecule has 0 aliphatic carbocycles. The van der Waals surface area contributed by atoms with Crippen LogP contribution in [0.3, 0.4) is 0 Å². The van der Waals surface area contributed by atoms with Gasteiger partial charge in [0.05, 0.1) is 12.6 Å². The Kier molecular flexibility index (Phi) is 3.20. The van der Waals surface area contributed by atoms with Crippen LogP contribution in [0.2, 0.25) is 0 Å². The van der Waals surface area contributed by atoms with E-state index in [0.717, 1.165) is 17.4 Å². The summed E-state index contributed by atoms with van der Waals surface area (Å²) in [6.07, 6.45) is 2.68. The number of hydrogen-bond acceptors (Lipinski definition) is 4. The fraction of sp³-hybridized carbons (Fsp3) is 0.214. The molecule has 0 saturated heterocycles. The molecule has 0 spiro atoms. The second-order valence-corrected chi connectivity index (χ2v) is 4.47. The molecule has 20 heavy (non-hydrogen) atoms. The molecule has 102 valence electrons. The molecule has 6 nitrogen and oxygen atoms in total. The maximum atomic E-state index is 12.0. The second kappa shape index (κ2) is 5.16. The molecule has 3 rings (SSSR count). The zero-order chi connectivity index (χ0) is 13.9. The summed E-state index contributed by atoms with van der Waals surface area (Å²) in [6, 6.07) is 7.48. The maximum absolute atomic E-state index is 12.0. The Morgan fingerprint density at radius 2 is 2.25 bits per heavy atom. The number of amides is 1. The number of aryl methyl sites for hydroxylation is 1. The standard InChI is InChI=1S/C14H14N4O2/c1-2-9-8-15-17-14(9)16-13(19)7-11-10-5-3-4-6-12(10)20-18-11/h3-6,8H,2,7H2,1H3,(H2,15,16,17,19).